The van der Waals surface area contributed by atoms with Crippen LogP contribution < -0.4 is 21.7 Å². The number of aliphatic hydroxyl groups excluding tert-OH is 1. The predicted molar refractivity (Wildman–Crippen MR) is 112 cm³/mol. The first-order valence-electron chi connectivity index (χ1n) is 9.79. The van der Waals surface area contributed by atoms with E-state index in [4.69, 9.17) is 10.8 Å². The number of carbonyl (C=O) groups is 4. The summed E-state index contributed by atoms with van der Waals surface area (Å²) in [4.78, 5) is 55.4. The molecule has 1 heterocycles. The van der Waals surface area contributed by atoms with Crippen LogP contribution in [0.5, 0.6) is 0 Å². The monoisotopic (exact) mass is 446 g/mol. The van der Waals surface area contributed by atoms with Gasteiger partial charge in [-0.25, -0.2) is 9.78 Å². The highest BCUT2D eigenvalue weighted by atomic mass is 16.4. The molecule has 0 aliphatic heterocycles. The molecule has 0 spiro atoms. The van der Waals surface area contributed by atoms with Crippen molar-refractivity contribution in [2.45, 2.75) is 31.0 Å². The lowest BCUT2D eigenvalue weighted by Gasteiger charge is -2.24. The lowest BCUT2D eigenvalue weighted by Crippen LogP contribution is -2.57. The predicted octanol–water partition coefficient (Wildman–Crippen LogP) is -2.32. The quantitative estimate of drug-likeness (QED) is 0.188. The second kappa shape index (κ2) is 12.2. The van der Waals surface area contributed by atoms with Gasteiger partial charge >= 0.3 is 5.97 Å². The first kappa shape index (κ1) is 24.5. The Morgan fingerprint density at radius 1 is 0.969 bits per heavy atom. The Balaban J connectivity index is 2.20. The molecule has 32 heavy (non-hydrogen) atoms. The van der Waals surface area contributed by atoms with Gasteiger partial charge in [-0.3, -0.25) is 14.4 Å². The SMILES string of the molecule is NCC(=O)NC(Cc1ccccc1)C(=O)NC(Cc1cnc[nH]1)C(=O)NC(CO)C(=O)O. The third kappa shape index (κ3) is 7.49. The van der Waals surface area contributed by atoms with Gasteiger partial charge in [0.2, 0.25) is 17.7 Å². The van der Waals surface area contributed by atoms with Crippen LogP contribution >= 0.6 is 0 Å². The number of carboxylic acid groups (broad SMARTS) is 1. The largest absolute Gasteiger partial charge is 0.480 e. The molecule has 2 rings (SSSR count). The second-order valence-corrected chi connectivity index (χ2v) is 6.94. The lowest BCUT2D eigenvalue weighted by molar-refractivity contribution is -0.143. The summed E-state index contributed by atoms with van der Waals surface area (Å²) in [7, 11) is 0. The van der Waals surface area contributed by atoms with Crippen molar-refractivity contribution in [1.29, 1.82) is 0 Å². The molecule has 0 saturated heterocycles. The van der Waals surface area contributed by atoms with Crippen molar-refractivity contribution in [1.82, 2.24) is 25.9 Å². The van der Waals surface area contributed by atoms with Crippen LogP contribution in [0.4, 0.5) is 0 Å². The molecule has 1 aromatic carbocycles. The molecule has 0 bridgehead atoms. The van der Waals surface area contributed by atoms with E-state index in [-0.39, 0.29) is 19.4 Å². The van der Waals surface area contributed by atoms with Gasteiger partial charge in [-0.15, -0.1) is 0 Å². The molecule has 0 aliphatic carbocycles. The van der Waals surface area contributed by atoms with Crippen LogP contribution in [0.2, 0.25) is 0 Å². The molecule has 3 atom stereocenters. The van der Waals surface area contributed by atoms with Crippen molar-refractivity contribution in [2.24, 2.45) is 5.73 Å². The lowest BCUT2D eigenvalue weighted by atomic mass is 10.0. The summed E-state index contributed by atoms with van der Waals surface area (Å²) >= 11 is 0. The average molecular weight is 446 g/mol. The van der Waals surface area contributed by atoms with E-state index in [1.165, 1.54) is 12.5 Å². The number of aromatic nitrogens is 2. The number of benzene rings is 1. The van der Waals surface area contributed by atoms with Crippen LogP contribution in [0.15, 0.2) is 42.9 Å². The van der Waals surface area contributed by atoms with E-state index in [0.29, 0.717) is 5.69 Å². The third-order valence-corrected chi connectivity index (χ3v) is 4.53. The molecule has 12 heteroatoms. The number of aliphatic carboxylic acids is 1. The molecule has 2 aromatic rings. The maximum absolute atomic E-state index is 13.0. The minimum Gasteiger partial charge on any atom is -0.480 e. The van der Waals surface area contributed by atoms with Crippen molar-refractivity contribution < 1.29 is 29.4 Å². The zero-order chi connectivity index (χ0) is 23.5. The molecule has 8 N–H and O–H groups in total. The number of amides is 3. The maximum Gasteiger partial charge on any atom is 0.328 e. The van der Waals surface area contributed by atoms with Gasteiger partial charge in [-0.1, -0.05) is 30.3 Å². The number of hydrogen-bond donors (Lipinski definition) is 7. The molecule has 0 fully saturated rings. The van der Waals surface area contributed by atoms with Gasteiger partial charge in [-0.2, -0.15) is 0 Å². The van der Waals surface area contributed by atoms with Gasteiger partial charge in [0, 0.05) is 24.7 Å². The standard InChI is InChI=1S/C20H26N6O6/c21-8-17(28)24-14(6-12-4-2-1-3-5-12)18(29)25-15(7-13-9-22-11-23-13)19(30)26-16(10-27)20(31)32/h1-5,9,11,14-16,27H,6-8,10,21H2,(H,22,23)(H,24,28)(H,25,29)(H,26,30)(H,31,32). The van der Waals surface area contributed by atoms with E-state index in [1.54, 1.807) is 24.3 Å². The average Bonchev–Trinajstić information content (AvgIpc) is 3.29. The van der Waals surface area contributed by atoms with Gasteiger partial charge < -0.3 is 36.9 Å². The summed E-state index contributed by atoms with van der Waals surface area (Å²) in [5.41, 5.74) is 6.63. The van der Waals surface area contributed by atoms with Crippen LogP contribution in [0.25, 0.3) is 0 Å². The summed E-state index contributed by atoms with van der Waals surface area (Å²) in [5.74, 6) is -3.46. The minimum absolute atomic E-state index is 0.0295. The van der Waals surface area contributed by atoms with Crippen LogP contribution in [0.1, 0.15) is 11.3 Å². The zero-order valence-electron chi connectivity index (χ0n) is 17.2. The van der Waals surface area contributed by atoms with Gasteiger partial charge in [-0.05, 0) is 5.56 Å². The van der Waals surface area contributed by atoms with Crippen LogP contribution in [-0.2, 0) is 32.0 Å². The number of imidazole rings is 1. The topological polar surface area (TPSA) is 200 Å². The molecule has 0 radical (unpaired) electrons. The Hall–Kier alpha value is -3.77. The third-order valence-electron chi connectivity index (χ3n) is 4.53. The number of nitrogens with one attached hydrogen (secondary N) is 4. The Kier molecular flexibility index (Phi) is 9.32. The van der Waals surface area contributed by atoms with E-state index < -0.39 is 48.4 Å². The number of carbonyl (C=O) groups excluding carboxylic acids is 3. The number of H-pyrrole nitrogens is 1. The highest BCUT2D eigenvalue weighted by Gasteiger charge is 2.30. The van der Waals surface area contributed by atoms with Crippen molar-refractivity contribution >= 4 is 23.7 Å². The first-order valence-corrected chi connectivity index (χ1v) is 9.79. The van der Waals surface area contributed by atoms with Crippen molar-refractivity contribution in [3.8, 4) is 0 Å². The van der Waals surface area contributed by atoms with E-state index >= 15 is 0 Å². The number of aromatic amines is 1. The Labute approximate surface area is 183 Å². The number of hydrogen-bond acceptors (Lipinski definition) is 7. The van der Waals surface area contributed by atoms with E-state index in [9.17, 15) is 24.3 Å². The van der Waals surface area contributed by atoms with Crippen LogP contribution in [0.3, 0.4) is 0 Å². The highest BCUT2D eigenvalue weighted by molar-refractivity contribution is 5.93. The van der Waals surface area contributed by atoms with Gasteiger partial charge in [0.1, 0.15) is 18.1 Å². The number of nitrogens with zero attached hydrogens (tertiary/aromatic N) is 1. The Bertz CT molecular complexity index is 905. The Morgan fingerprint density at radius 2 is 1.59 bits per heavy atom. The van der Waals surface area contributed by atoms with Crippen molar-refractivity contribution in [2.75, 3.05) is 13.2 Å². The molecular formula is C20H26N6O6. The van der Waals surface area contributed by atoms with E-state index in [0.717, 1.165) is 5.56 Å². The maximum atomic E-state index is 13.0. The molecular weight excluding hydrogens is 420 g/mol. The molecule has 0 saturated carbocycles. The number of rotatable bonds is 12. The molecule has 0 aliphatic rings. The fraction of sp³-hybridized carbons (Fsp3) is 0.350. The fourth-order valence-corrected chi connectivity index (χ4v) is 2.87. The second-order valence-electron chi connectivity index (χ2n) is 6.94. The van der Waals surface area contributed by atoms with Gasteiger partial charge in [0.15, 0.2) is 0 Å². The summed E-state index contributed by atoms with van der Waals surface area (Å²) in [6, 6.07) is 5.16. The minimum atomic E-state index is -1.54. The number of carboxylic acids is 1. The summed E-state index contributed by atoms with van der Waals surface area (Å²) in [6.45, 7) is -1.15. The number of aliphatic hydroxyl groups is 1. The van der Waals surface area contributed by atoms with E-state index in [1.807, 2.05) is 6.07 Å². The summed E-state index contributed by atoms with van der Waals surface area (Å²) in [5, 5.41) is 25.5. The molecule has 12 nitrogen and oxygen atoms in total. The molecule has 3 amide bonds. The molecule has 1 aromatic heterocycles. The molecule has 3 unspecified atom stereocenters. The van der Waals surface area contributed by atoms with Crippen molar-refractivity contribution in [3.63, 3.8) is 0 Å². The highest BCUT2D eigenvalue weighted by Crippen LogP contribution is 2.06. The Morgan fingerprint density at radius 3 is 2.12 bits per heavy atom. The fourth-order valence-electron chi connectivity index (χ4n) is 2.87. The van der Waals surface area contributed by atoms with E-state index in [2.05, 4.69) is 25.9 Å². The first-order chi connectivity index (χ1) is 15.3. The summed E-state index contributed by atoms with van der Waals surface area (Å²) < 4.78 is 0. The number of nitrogens with two attached hydrogens (primary N) is 1. The molecule has 172 valence electrons. The van der Waals surface area contributed by atoms with Crippen molar-refractivity contribution in [3.05, 3.63) is 54.1 Å². The summed E-state index contributed by atoms with van der Waals surface area (Å²) in [6.07, 6.45) is 2.95. The van der Waals surface area contributed by atoms with Gasteiger partial charge in [0.05, 0.1) is 19.5 Å². The zero-order valence-corrected chi connectivity index (χ0v) is 17.2. The normalized spacial score (nSPS) is 13.4. The van der Waals surface area contributed by atoms with Crippen LogP contribution in [0, 0.1) is 0 Å². The smallest absolute Gasteiger partial charge is 0.328 e. The van der Waals surface area contributed by atoms with Gasteiger partial charge in [0.25, 0.3) is 0 Å². The van der Waals surface area contributed by atoms with Crippen LogP contribution in [-0.4, -0.2) is 75.1 Å².